The molecule has 2 fully saturated rings. The van der Waals surface area contributed by atoms with Crippen LogP contribution in [0, 0.1) is 29.6 Å². The summed E-state index contributed by atoms with van der Waals surface area (Å²) < 4.78 is 0. The van der Waals surface area contributed by atoms with E-state index >= 15 is 0 Å². The Kier molecular flexibility index (Phi) is 3.57. The number of hydrogen-bond donors (Lipinski definition) is 2. The lowest BCUT2D eigenvalue weighted by Gasteiger charge is -2.30. The van der Waals surface area contributed by atoms with Crippen LogP contribution in [0.4, 0.5) is 0 Å². The van der Waals surface area contributed by atoms with Crippen molar-refractivity contribution in [3.8, 4) is 0 Å². The number of fused-ring (bicyclic) bond motifs is 2. The SMILES string of the molecule is CC1CCCC(NC(=O)[C@H]2C3C=CC(C3)[C@H]2C(=O)O)C1. The van der Waals surface area contributed by atoms with Crippen molar-refractivity contribution in [3.05, 3.63) is 12.2 Å². The van der Waals surface area contributed by atoms with Gasteiger partial charge in [-0.25, -0.2) is 0 Å². The summed E-state index contributed by atoms with van der Waals surface area (Å²) in [5.41, 5.74) is 0. The van der Waals surface area contributed by atoms with E-state index in [9.17, 15) is 14.7 Å². The molecule has 6 atom stereocenters. The molecule has 0 aromatic heterocycles. The lowest BCUT2D eigenvalue weighted by molar-refractivity contribution is -0.148. The van der Waals surface area contributed by atoms with Gasteiger partial charge in [-0.1, -0.05) is 31.9 Å². The Morgan fingerprint density at radius 3 is 2.45 bits per heavy atom. The first-order valence-corrected chi connectivity index (χ1v) is 7.77. The zero-order valence-electron chi connectivity index (χ0n) is 11.9. The zero-order valence-corrected chi connectivity index (χ0v) is 11.9. The minimum Gasteiger partial charge on any atom is -0.481 e. The first kappa shape index (κ1) is 13.7. The minimum atomic E-state index is -0.820. The fourth-order valence-corrected chi connectivity index (χ4v) is 4.38. The van der Waals surface area contributed by atoms with E-state index in [-0.39, 0.29) is 29.7 Å². The molecular weight excluding hydrogens is 254 g/mol. The molecule has 1 amide bonds. The highest BCUT2D eigenvalue weighted by Crippen LogP contribution is 2.48. The number of hydrogen-bond acceptors (Lipinski definition) is 2. The van der Waals surface area contributed by atoms with Crippen molar-refractivity contribution < 1.29 is 14.7 Å². The molecule has 4 heteroatoms. The summed E-state index contributed by atoms with van der Waals surface area (Å²) >= 11 is 0. The Balaban J connectivity index is 1.67. The highest BCUT2D eigenvalue weighted by molar-refractivity contribution is 5.87. The molecule has 0 radical (unpaired) electrons. The molecule has 0 saturated heterocycles. The molecule has 3 aliphatic rings. The number of carbonyl (C=O) groups is 2. The summed E-state index contributed by atoms with van der Waals surface area (Å²) in [5, 5.41) is 12.5. The minimum absolute atomic E-state index is 0.0339. The number of nitrogens with one attached hydrogen (secondary N) is 1. The lowest BCUT2D eigenvalue weighted by atomic mass is 9.81. The smallest absolute Gasteiger partial charge is 0.307 e. The number of aliphatic carboxylic acids is 1. The van der Waals surface area contributed by atoms with E-state index < -0.39 is 11.9 Å². The van der Waals surface area contributed by atoms with Crippen LogP contribution in [0.15, 0.2) is 12.2 Å². The molecule has 110 valence electrons. The fourth-order valence-electron chi connectivity index (χ4n) is 4.38. The van der Waals surface area contributed by atoms with Gasteiger partial charge in [0.15, 0.2) is 0 Å². The van der Waals surface area contributed by atoms with Crippen LogP contribution in [0.5, 0.6) is 0 Å². The van der Waals surface area contributed by atoms with Gasteiger partial charge in [-0.05, 0) is 37.0 Å². The third-order valence-corrected chi connectivity index (χ3v) is 5.33. The second kappa shape index (κ2) is 5.23. The summed E-state index contributed by atoms with van der Waals surface area (Å²) in [6.45, 7) is 2.22. The number of carboxylic acid groups (broad SMARTS) is 1. The molecule has 0 heterocycles. The second-order valence-corrected chi connectivity index (χ2v) is 6.82. The molecule has 4 nitrogen and oxygen atoms in total. The highest BCUT2D eigenvalue weighted by atomic mass is 16.4. The molecule has 0 aromatic rings. The first-order chi connectivity index (χ1) is 9.56. The molecule has 2 bridgehead atoms. The van der Waals surface area contributed by atoms with Gasteiger partial charge in [0.1, 0.15) is 0 Å². The third kappa shape index (κ3) is 2.36. The first-order valence-electron chi connectivity index (χ1n) is 7.77. The Morgan fingerprint density at radius 1 is 1.10 bits per heavy atom. The summed E-state index contributed by atoms with van der Waals surface area (Å²) in [6.07, 6.45) is 9.31. The van der Waals surface area contributed by atoms with Crippen molar-refractivity contribution in [2.24, 2.45) is 29.6 Å². The van der Waals surface area contributed by atoms with Gasteiger partial charge in [0.05, 0.1) is 11.8 Å². The maximum atomic E-state index is 12.5. The molecule has 3 rings (SSSR count). The average Bonchev–Trinajstić information content (AvgIpc) is 2.98. The van der Waals surface area contributed by atoms with E-state index in [1.54, 1.807) is 0 Å². The van der Waals surface area contributed by atoms with Crippen molar-refractivity contribution >= 4 is 11.9 Å². The number of allylic oxidation sites excluding steroid dienone is 2. The normalized spacial score (nSPS) is 42.6. The van der Waals surface area contributed by atoms with E-state index in [0.717, 1.165) is 25.7 Å². The van der Waals surface area contributed by atoms with Crippen LogP contribution < -0.4 is 5.32 Å². The Bertz CT molecular complexity index is 445. The Morgan fingerprint density at radius 2 is 1.80 bits per heavy atom. The summed E-state index contributed by atoms with van der Waals surface area (Å²) in [4.78, 5) is 24.0. The summed E-state index contributed by atoms with van der Waals surface area (Å²) in [6, 6.07) is 0.240. The van der Waals surface area contributed by atoms with E-state index in [1.165, 1.54) is 6.42 Å². The number of rotatable bonds is 3. The van der Waals surface area contributed by atoms with Gasteiger partial charge in [0.25, 0.3) is 0 Å². The molecule has 20 heavy (non-hydrogen) atoms. The number of carboxylic acids is 1. The molecule has 3 aliphatic carbocycles. The van der Waals surface area contributed by atoms with E-state index in [0.29, 0.717) is 5.92 Å². The highest BCUT2D eigenvalue weighted by Gasteiger charge is 2.51. The largest absolute Gasteiger partial charge is 0.481 e. The zero-order chi connectivity index (χ0) is 14.3. The second-order valence-electron chi connectivity index (χ2n) is 6.82. The van der Waals surface area contributed by atoms with Crippen LogP contribution in [0.2, 0.25) is 0 Å². The van der Waals surface area contributed by atoms with Gasteiger partial charge in [-0.15, -0.1) is 0 Å². The maximum Gasteiger partial charge on any atom is 0.307 e. The van der Waals surface area contributed by atoms with Crippen molar-refractivity contribution in [1.82, 2.24) is 5.32 Å². The van der Waals surface area contributed by atoms with Gasteiger partial charge < -0.3 is 10.4 Å². The third-order valence-electron chi connectivity index (χ3n) is 5.33. The quantitative estimate of drug-likeness (QED) is 0.777. The number of amides is 1. The van der Waals surface area contributed by atoms with E-state index in [4.69, 9.17) is 0 Å². The molecular formula is C16H23NO3. The van der Waals surface area contributed by atoms with Gasteiger partial charge >= 0.3 is 5.97 Å². The Hall–Kier alpha value is -1.32. The lowest BCUT2D eigenvalue weighted by Crippen LogP contribution is -2.45. The maximum absolute atomic E-state index is 12.5. The van der Waals surface area contributed by atoms with Crippen LogP contribution in [-0.2, 0) is 9.59 Å². The summed E-state index contributed by atoms with van der Waals surface area (Å²) in [5.74, 6) is -0.900. The predicted molar refractivity (Wildman–Crippen MR) is 74.9 cm³/mol. The van der Waals surface area contributed by atoms with E-state index in [2.05, 4.69) is 12.2 Å². The monoisotopic (exact) mass is 277 g/mol. The average molecular weight is 277 g/mol. The molecule has 0 aromatic carbocycles. The molecule has 0 aliphatic heterocycles. The van der Waals surface area contributed by atoms with Crippen LogP contribution in [-0.4, -0.2) is 23.0 Å². The van der Waals surface area contributed by atoms with Gasteiger partial charge in [0, 0.05) is 6.04 Å². The molecule has 4 unspecified atom stereocenters. The standard InChI is InChI=1S/C16H23NO3/c1-9-3-2-4-12(7-9)17-15(18)13-10-5-6-11(8-10)14(13)16(19)20/h5-6,9-14H,2-4,7-8H2,1H3,(H,17,18)(H,19,20)/t9?,10?,11?,12?,13-,14+/m0/s1. The van der Waals surface area contributed by atoms with Crippen molar-refractivity contribution in [2.75, 3.05) is 0 Å². The summed E-state index contributed by atoms with van der Waals surface area (Å²) in [7, 11) is 0. The van der Waals surface area contributed by atoms with Crippen LogP contribution in [0.1, 0.15) is 39.0 Å². The van der Waals surface area contributed by atoms with Crippen molar-refractivity contribution in [3.63, 3.8) is 0 Å². The predicted octanol–water partition coefficient (Wildman–Crippen LogP) is 2.20. The Labute approximate surface area is 119 Å². The fraction of sp³-hybridized carbons (Fsp3) is 0.750. The van der Waals surface area contributed by atoms with Crippen molar-refractivity contribution in [2.45, 2.75) is 45.1 Å². The van der Waals surface area contributed by atoms with Crippen LogP contribution in [0.3, 0.4) is 0 Å². The molecule has 0 spiro atoms. The van der Waals surface area contributed by atoms with Crippen molar-refractivity contribution in [1.29, 1.82) is 0 Å². The van der Waals surface area contributed by atoms with Crippen LogP contribution in [0.25, 0.3) is 0 Å². The molecule has 2 N–H and O–H groups in total. The topological polar surface area (TPSA) is 66.4 Å². The van der Waals surface area contributed by atoms with Gasteiger partial charge in [-0.3, -0.25) is 9.59 Å². The molecule has 2 saturated carbocycles. The van der Waals surface area contributed by atoms with E-state index in [1.807, 2.05) is 12.2 Å². The van der Waals surface area contributed by atoms with Gasteiger partial charge in [-0.2, -0.15) is 0 Å². The van der Waals surface area contributed by atoms with Crippen LogP contribution >= 0.6 is 0 Å². The number of carbonyl (C=O) groups excluding carboxylic acids is 1. The van der Waals surface area contributed by atoms with Gasteiger partial charge in [0.2, 0.25) is 5.91 Å².